The summed E-state index contributed by atoms with van der Waals surface area (Å²) in [5.74, 6) is -2.56. The Morgan fingerprint density at radius 1 is 0.937 bits per heavy atom. The molecule has 63 heavy (non-hydrogen) atoms. The third-order valence-electron chi connectivity index (χ3n) is 12.8. The van der Waals surface area contributed by atoms with Crippen molar-refractivity contribution in [1.82, 2.24) is 25.2 Å². The topological polar surface area (TPSA) is 186 Å². The van der Waals surface area contributed by atoms with E-state index < -0.39 is 80.5 Å². The van der Waals surface area contributed by atoms with Gasteiger partial charge in [-0.1, -0.05) is 55.3 Å². The third kappa shape index (κ3) is 8.95. The van der Waals surface area contributed by atoms with Crippen molar-refractivity contribution in [2.45, 2.75) is 125 Å². The number of sulfonamides is 1. The van der Waals surface area contributed by atoms with E-state index in [1.165, 1.54) is 11.0 Å². The van der Waals surface area contributed by atoms with Crippen molar-refractivity contribution in [3.05, 3.63) is 72.3 Å². The summed E-state index contributed by atoms with van der Waals surface area (Å²) in [5, 5.41) is 5.24. The Labute approximate surface area is 361 Å². The second-order valence-corrected chi connectivity index (χ2v) is 19.3. The molecule has 334 valence electrons. The fraction of sp³-hybridized carbons (Fsp3) is 0.489. The lowest BCUT2D eigenvalue weighted by Gasteiger charge is -2.30. The second-order valence-electron chi connectivity index (χ2n) is 17.4. The maximum absolute atomic E-state index is 14.8. The van der Waals surface area contributed by atoms with Crippen LogP contribution in [0.2, 0.25) is 0 Å². The molecule has 4 amide bonds. The number of furan rings is 1. The number of ether oxygens (including phenoxy) is 2. The number of benzene rings is 2. The molecule has 3 saturated carbocycles. The van der Waals surface area contributed by atoms with Gasteiger partial charge in [0.1, 0.15) is 40.9 Å². The molecule has 2 aromatic carbocycles. The zero-order valence-corrected chi connectivity index (χ0v) is 35.1. The lowest BCUT2D eigenvalue weighted by molar-refractivity contribution is -0.141. The van der Waals surface area contributed by atoms with Gasteiger partial charge in [-0.25, -0.2) is 18.2 Å². The Morgan fingerprint density at radius 2 is 1.70 bits per heavy atom. The molecule has 14 nitrogen and oxygen atoms in total. The van der Waals surface area contributed by atoms with Gasteiger partial charge in [0.2, 0.25) is 21.8 Å². The minimum Gasteiger partial charge on any atom is -0.484 e. The van der Waals surface area contributed by atoms with E-state index in [9.17, 15) is 40.8 Å². The van der Waals surface area contributed by atoms with Gasteiger partial charge in [0, 0.05) is 29.4 Å². The molecular weight excluding hydrogens is 844 g/mol. The number of nitrogens with one attached hydrogen (secondary N) is 3. The molecule has 0 spiro atoms. The largest absolute Gasteiger partial charge is 0.484 e. The molecule has 0 unspecified atom stereocenters. The molecule has 4 fully saturated rings. The van der Waals surface area contributed by atoms with E-state index in [4.69, 9.17) is 18.9 Å². The summed E-state index contributed by atoms with van der Waals surface area (Å²) in [6.45, 7) is -0.172. The van der Waals surface area contributed by atoms with Gasteiger partial charge in [0.25, 0.3) is 5.91 Å². The summed E-state index contributed by atoms with van der Waals surface area (Å²) >= 11 is 0. The van der Waals surface area contributed by atoms with E-state index in [2.05, 4.69) is 15.4 Å². The van der Waals surface area contributed by atoms with Crippen molar-refractivity contribution < 1.29 is 54.7 Å². The molecule has 0 radical (unpaired) electrons. The van der Waals surface area contributed by atoms with E-state index >= 15 is 0 Å². The van der Waals surface area contributed by atoms with Crippen LogP contribution in [0.5, 0.6) is 5.75 Å². The minimum atomic E-state index is -4.64. The molecule has 4 aromatic rings. The van der Waals surface area contributed by atoms with Crippen molar-refractivity contribution in [3.8, 4) is 17.0 Å². The van der Waals surface area contributed by atoms with Crippen LogP contribution in [0.1, 0.15) is 89.0 Å². The number of alkyl carbamates (subject to hydrolysis) is 1. The highest BCUT2D eigenvalue weighted by molar-refractivity contribution is 7.91. The maximum atomic E-state index is 14.8. The Bertz CT molecular complexity index is 2570. The molecule has 2 aromatic heterocycles. The number of alkyl halides is 3. The zero-order valence-electron chi connectivity index (χ0n) is 34.3. The number of pyridine rings is 1. The molecule has 5 aliphatic rings. The molecule has 2 aliphatic heterocycles. The molecular formula is C45H48F3N5O9S. The number of halogens is 3. The van der Waals surface area contributed by atoms with Gasteiger partial charge in [-0.3, -0.25) is 19.1 Å². The molecule has 0 bridgehead atoms. The quantitative estimate of drug-likeness (QED) is 0.155. The zero-order chi connectivity index (χ0) is 44.1. The van der Waals surface area contributed by atoms with Crippen LogP contribution in [0.15, 0.2) is 71.2 Å². The number of fused-ring (bicyclic) bond motifs is 5. The first-order chi connectivity index (χ1) is 30.2. The average Bonchev–Trinajstić information content (AvgIpc) is 4.06. The molecule has 9 rings (SSSR count). The summed E-state index contributed by atoms with van der Waals surface area (Å²) in [6, 6.07) is 11.4. The summed E-state index contributed by atoms with van der Waals surface area (Å²) < 4.78 is 87.8. The first kappa shape index (κ1) is 42.6. The van der Waals surface area contributed by atoms with Gasteiger partial charge in [0.15, 0.2) is 11.3 Å². The standard InChI is InChI=1S/C45H48F3N5O9S/c46-45(47,48)27-17-20-32-36(21-27)62-39-37(23-34(49-38(32)39)26-11-5-4-6-12-26)60-30-22-35-40(54)51-44(42(56)52-63(58,59)31-18-19-31)24-28(44)13-7-2-1-3-8-16-33(41(55)53(35)25-30)50-43(57)61-29-14-9-10-15-29/h4-7,11-13,17,20-21,23,28-31,33,35H,1-3,8-10,14-16,18-19,22,24-25H2,(H,50,57)(H,51,54)(H,52,56)/t28-,30-,33+,35+,44-/m1/s1. The van der Waals surface area contributed by atoms with Crippen LogP contribution >= 0.6 is 0 Å². The van der Waals surface area contributed by atoms with Crippen LogP contribution in [0.25, 0.3) is 33.3 Å². The molecule has 3 aliphatic carbocycles. The van der Waals surface area contributed by atoms with Crippen LogP contribution in [0, 0.1) is 5.92 Å². The smallest absolute Gasteiger partial charge is 0.416 e. The van der Waals surface area contributed by atoms with Gasteiger partial charge in [-0.15, -0.1) is 0 Å². The highest BCUT2D eigenvalue weighted by Crippen LogP contribution is 2.46. The number of carbonyl (C=O) groups excluding carboxylic acids is 4. The number of amides is 4. The van der Waals surface area contributed by atoms with Crippen LogP contribution in [0.4, 0.5) is 18.0 Å². The average molecular weight is 892 g/mol. The highest BCUT2D eigenvalue weighted by Gasteiger charge is 2.62. The fourth-order valence-electron chi connectivity index (χ4n) is 9.08. The van der Waals surface area contributed by atoms with Crippen molar-refractivity contribution in [2.75, 3.05) is 6.54 Å². The Hall–Kier alpha value is -5.65. The molecule has 4 heterocycles. The van der Waals surface area contributed by atoms with Crippen molar-refractivity contribution in [1.29, 1.82) is 0 Å². The summed E-state index contributed by atoms with van der Waals surface area (Å²) in [6.07, 6.45) is 4.22. The first-order valence-corrected chi connectivity index (χ1v) is 23.2. The minimum absolute atomic E-state index is 0.0542. The summed E-state index contributed by atoms with van der Waals surface area (Å²) in [4.78, 5) is 62.6. The molecule has 18 heteroatoms. The van der Waals surface area contributed by atoms with Crippen LogP contribution in [-0.2, 0) is 35.3 Å². The Kier molecular flexibility index (Phi) is 11.4. The number of allylic oxidation sites excluding steroid dienone is 1. The summed E-state index contributed by atoms with van der Waals surface area (Å²) in [7, 11) is -3.97. The number of nitrogens with zero attached hydrogens (tertiary/aromatic N) is 2. The Balaban J connectivity index is 1.07. The number of hydrogen-bond acceptors (Lipinski definition) is 10. The molecule has 3 N–H and O–H groups in total. The van der Waals surface area contributed by atoms with Crippen molar-refractivity contribution in [3.63, 3.8) is 0 Å². The van der Waals surface area contributed by atoms with E-state index in [1.807, 2.05) is 30.4 Å². The number of carbonyl (C=O) groups is 4. The third-order valence-corrected chi connectivity index (χ3v) is 14.6. The van der Waals surface area contributed by atoms with Crippen LogP contribution in [0.3, 0.4) is 0 Å². The van der Waals surface area contributed by atoms with Crippen molar-refractivity contribution >= 4 is 55.9 Å². The summed E-state index contributed by atoms with van der Waals surface area (Å²) in [5.41, 5.74) is -1.19. The second kappa shape index (κ2) is 16.8. The van der Waals surface area contributed by atoms with E-state index in [0.29, 0.717) is 61.6 Å². The predicted octanol–water partition coefficient (Wildman–Crippen LogP) is 7.06. The normalized spacial score (nSPS) is 26.0. The van der Waals surface area contributed by atoms with E-state index in [0.717, 1.165) is 31.4 Å². The lowest BCUT2D eigenvalue weighted by Crippen LogP contribution is -2.58. The van der Waals surface area contributed by atoms with Crippen molar-refractivity contribution in [2.24, 2.45) is 5.92 Å². The van der Waals surface area contributed by atoms with Gasteiger partial charge in [-0.05, 0) is 82.4 Å². The van der Waals surface area contributed by atoms with Crippen LogP contribution < -0.4 is 20.1 Å². The van der Waals surface area contributed by atoms with Gasteiger partial charge in [-0.2, -0.15) is 13.2 Å². The van der Waals surface area contributed by atoms with Crippen LogP contribution in [-0.4, -0.2) is 83.7 Å². The number of hydrogen-bond donors (Lipinski definition) is 3. The SMILES string of the molecule is O=C(N[C@H]1CCCCCC=C[C@@H]2C[C@@]2(C(=O)NS(=O)(=O)C2CC2)NC(=O)[C@@H]2C[C@@H](Oc3cc(-c4ccccc4)nc4c3oc3cc(C(F)(F)F)ccc34)CN2C1=O)OC1CCCC1. The lowest BCUT2D eigenvalue weighted by atomic mass is 10.0. The number of rotatable bonds is 8. The van der Waals surface area contributed by atoms with E-state index in [1.54, 1.807) is 18.2 Å². The van der Waals surface area contributed by atoms with Gasteiger partial charge >= 0.3 is 12.3 Å². The Morgan fingerprint density at radius 3 is 2.44 bits per heavy atom. The monoisotopic (exact) mass is 891 g/mol. The molecule has 1 saturated heterocycles. The predicted molar refractivity (Wildman–Crippen MR) is 223 cm³/mol. The fourth-order valence-corrected chi connectivity index (χ4v) is 10.4. The van der Waals surface area contributed by atoms with Gasteiger partial charge < -0.3 is 29.4 Å². The number of aromatic nitrogens is 1. The molecule has 5 atom stereocenters. The van der Waals surface area contributed by atoms with Gasteiger partial charge in [0.05, 0.1) is 23.1 Å². The van der Waals surface area contributed by atoms with E-state index in [-0.39, 0.29) is 54.3 Å². The first-order valence-electron chi connectivity index (χ1n) is 21.7. The maximum Gasteiger partial charge on any atom is 0.416 e. The highest BCUT2D eigenvalue weighted by atomic mass is 32.2.